The van der Waals surface area contributed by atoms with Crippen molar-refractivity contribution >= 4 is 17.4 Å². The summed E-state index contributed by atoms with van der Waals surface area (Å²) in [5.74, 6) is -0.343. The maximum atomic E-state index is 13.1. The van der Waals surface area contributed by atoms with Crippen LogP contribution in [0.3, 0.4) is 0 Å². The number of hydrogen-bond donors (Lipinski definition) is 0. The molecule has 0 unspecified atom stereocenters. The van der Waals surface area contributed by atoms with Crippen LogP contribution in [-0.4, -0.2) is 5.78 Å². The molecule has 2 rings (SSSR count). The molecule has 2 aromatic rings. The number of halogens is 2. The van der Waals surface area contributed by atoms with Crippen molar-refractivity contribution in [3.63, 3.8) is 0 Å². The molecule has 98 valence electrons. The van der Waals surface area contributed by atoms with Crippen LogP contribution in [-0.2, 0) is 17.6 Å². The molecule has 0 aromatic heterocycles. The molecule has 0 N–H and O–H groups in total. The highest BCUT2D eigenvalue weighted by Gasteiger charge is 2.10. The first-order valence-corrected chi connectivity index (χ1v) is 6.44. The molecule has 0 amide bonds. The van der Waals surface area contributed by atoms with E-state index in [-0.39, 0.29) is 18.0 Å². The fourth-order valence-corrected chi connectivity index (χ4v) is 2.16. The van der Waals surface area contributed by atoms with Crippen LogP contribution < -0.4 is 0 Å². The average molecular weight is 277 g/mol. The fraction of sp³-hybridized carbons (Fsp3) is 0.188. The third-order valence-corrected chi connectivity index (χ3v) is 3.41. The second-order valence-corrected chi connectivity index (χ2v) is 4.96. The van der Waals surface area contributed by atoms with Crippen molar-refractivity contribution in [1.29, 1.82) is 0 Å². The van der Waals surface area contributed by atoms with Crippen LogP contribution in [0.1, 0.15) is 16.7 Å². The summed E-state index contributed by atoms with van der Waals surface area (Å²) < 4.78 is 13.1. The normalized spacial score (nSPS) is 10.5. The Kier molecular flexibility index (Phi) is 4.33. The van der Waals surface area contributed by atoms with Gasteiger partial charge in [0.25, 0.3) is 0 Å². The minimum absolute atomic E-state index is 0.0294. The van der Waals surface area contributed by atoms with E-state index in [2.05, 4.69) is 0 Å². The second kappa shape index (κ2) is 5.98. The van der Waals surface area contributed by atoms with Crippen LogP contribution in [0.15, 0.2) is 42.5 Å². The first-order chi connectivity index (χ1) is 9.06. The minimum Gasteiger partial charge on any atom is -0.299 e. The van der Waals surface area contributed by atoms with E-state index in [1.54, 1.807) is 0 Å². The lowest BCUT2D eigenvalue weighted by molar-refractivity contribution is -0.117. The molecule has 0 atom stereocenters. The van der Waals surface area contributed by atoms with E-state index < -0.39 is 0 Å². The van der Waals surface area contributed by atoms with E-state index in [1.165, 1.54) is 18.2 Å². The molecule has 0 aliphatic carbocycles. The van der Waals surface area contributed by atoms with Gasteiger partial charge in [0.05, 0.1) is 0 Å². The standard InChI is InChI=1S/C16H14ClFO/c1-11-4-2-3-5-12(11)9-15(19)10-13-8-14(18)6-7-16(13)17/h2-8H,9-10H2,1H3. The molecule has 0 aliphatic heterocycles. The number of ketones is 1. The molecule has 0 bridgehead atoms. The number of aryl methyl sites for hydroxylation is 1. The highest BCUT2D eigenvalue weighted by Crippen LogP contribution is 2.19. The van der Waals surface area contributed by atoms with Gasteiger partial charge in [-0.15, -0.1) is 0 Å². The van der Waals surface area contributed by atoms with Crippen molar-refractivity contribution in [1.82, 2.24) is 0 Å². The summed E-state index contributed by atoms with van der Waals surface area (Å²) in [7, 11) is 0. The Bertz CT molecular complexity index is 607. The largest absolute Gasteiger partial charge is 0.299 e. The van der Waals surface area contributed by atoms with Gasteiger partial charge in [-0.2, -0.15) is 0 Å². The number of carbonyl (C=O) groups excluding carboxylic acids is 1. The van der Waals surface area contributed by atoms with Gasteiger partial charge in [0.1, 0.15) is 11.6 Å². The van der Waals surface area contributed by atoms with Crippen LogP contribution in [0.4, 0.5) is 4.39 Å². The smallest absolute Gasteiger partial charge is 0.141 e. The van der Waals surface area contributed by atoms with Crippen molar-refractivity contribution in [3.05, 3.63) is 70.0 Å². The Morgan fingerprint density at radius 3 is 2.53 bits per heavy atom. The zero-order chi connectivity index (χ0) is 13.8. The molecule has 0 heterocycles. The summed E-state index contributed by atoms with van der Waals surface area (Å²) in [6.07, 6.45) is 0.504. The summed E-state index contributed by atoms with van der Waals surface area (Å²) in [6.45, 7) is 1.97. The maximum absolute atomic E-state index is 13.1. The molecule has 0 spiro atoms. The van der Waals surface area contributed by atoms with Gasteiger partial charge in [-0.1, -0.05) is 35.9 Å². The average Bonchev–Trinajstić information content (AvgIpc) is 2.37. The molecule has 0 saturated carbocycles. The van der Waals surface area contributed by atoms with Gasteiger partial charge < -0.3 is 0 Å². The Balaban J connectivity index is 2.10. The molecule has 1 nitrogen and oxygen atoms in total. The summed E-state index contributed by atoms with van der Waals surface area (Å²) in [5, 5.41) is 0.430. The van der Waals surface area contributed by atoms with Gasteiger partial charge in [-0.05, 0) is 41.8 Å². The lowest BCUT2D eigenvalue weighted by atomic mass is 9.99. The molecule has 2 aromatic carbocycles. The maximum Gasteiger partial charge on any atom is 0.141 e. The van der Waals surface area contributed by atoms with Crippen LogP contribution in [0.2, 0.25) is 5.02 Å². The third kappa shape index (κ3) is 3.65. The van der Waals surface area contributed by atoms with E-state index in [9.17, 15) is 9.18 Å². The highest BCUT2D eigenvalue weighted by molar-refractivity contribution is 6.31. The predicted molar refractivity (Wildman–Crippen MR) is 75.0 cm³/mol. The van der Waals surface area contributed by atoms with Crippen LogP contribution in [0.25, 0.3) is 0 Å². The SMILES string of the molecule is Cc1ccccc1CC(=O)Cc1cc(F)ccc1Cl. The minimum atomic E-state index is -0.372. The Morgan fingerprint density at radius 2 is 1.79 bits per heavy atom. The second-order valence-electron chi connectivity index (χ2n) is 4.55. The Labute approximate surface area is 117 Å². The zero-order valence-electron chi connectivity index (χ0n) is 10.6. The van der Waals surface area contributed by atoms with E-state index >= 15 is 0 Å². The van der Waals surface area contributed by atoms with Crippen molar-refractivity contribution in [3.8, 4) is 0 Å². The Hall–Kier alpha value is -1.67. The van der Waals surface area contributed by atoms with Gasteiger partial charge in [-0.25, -0.2) is 4.39 Å². The van der Waals surface area contributed by atoms with Crippen molar-refractivity contribution in [2.24, 2.45) is 0 Å². The summed E-state index contributed by atoms with van der Waals surface area (Å²) >= 11 is 5.96. The summed E-state index contributed by atoms with van der Waals surface area (Å²) in [4.78, 5) is 12.0. The van der Waals surface area contributed by atoms with Crippen molar-refractivity contribution in [2.45, 2.75) is 19.8 Å². The van der Waals surface area contributed by atoms with Gasteiger partial charge in [-0.3, -0.25) is 4.79 Å². The lowest BCUT2D eigenvalue weighted by Crippen LogP contribution is -2.08. The topological polar surface area (TPSA) is 17.1 Å². The number of benzene rings is 2. The van der Waals surface area contributed by atoms with Crippen molar-refractivity contribution in [2.75, 3.05) is 0 Å². The van der Waals surface area contributed by atoms with E-state index in [4.69, 9.17) is 11.6 Å². The molecule has 19 heavy (non-hydrogen) atoms. The summed E-state index contributed by atoms with van der Waals surface area (Å²) in [6, 6.07) is 11.8. The Morgan fingerprint density at radius 1 is 1.11 bits per heavy atom. The third-order valence-electron chi connectivity index (χ3n) is 3.04. The number of Topliss-reactive ketones (excluding diaryl/α,β-unsaturated/α-hetero) is 1. The number of hydrogen-bond acceptors (Lipinski definition) is 1. The number of carbonyl (C=O) groups is 1. The molecule has 3 heteroatoms. The molecule has 0 saturated heterocycles. The molecule has 0 fully saturated rings. The molecular weight excluding hydrogens is 263 g/mol. The van der Waals surface area contributed by atoms with E-state index in [0.717, 1.165) is 11.1 Å². The van der Waals surface area contributed by atoms with Crippen molar-refractivity contribution < 1.29 is 9.18 Å². The number of rotatable bonds is 4. The molecule has 0 aliphatic rings. The predicted octanol–water partition coefficient (Wildman–Crippen LogP) is 4.14. The van der Waals surface area contributed by atoms with Gasteiger partial charge in [0, 0.05) is 17.9 Å². The molecule has 0 radical (unpaired) electrons. The van der Waals surface area contributed by atoms with Crippen LogP contribution in [0, 0.1) is 12.7 Å². The fourth-order valence-electron chi connectivity index (χ4n) is 1.97. The van der Waals surface area contributed by atoms with Crippen LogP contribution >= 0.6 is 11.6 Å². The zero-order valence-corrected chi connectivity index (χ0v) is 11.4. The lowest BCUT2D eigenvalue weighted by Gasteiger charge is -2.06. The highest BCUT2D eigenvalue weighted by atomic mass is 35.5. The van der Waals surface area contributed by atoms with Gasteiger partial charge in [0.15, 0.2) is 0 Å². The molecular formula is C16H14ClFO. The first kappa shape index (κ1) is 13.8. The first-order valence-electron chi connectivity index (χ1n) is 6.06. The van der Waals surface area contributed by atoms with Gasteiger partial charge in [0.2, 0.25) is 0 Å². The van der Waals surface area contributed by atoms with E-state index in [1.807, 2.05) is 31.2 Å². The van der Waals surface area contributed by atoms with Crippen LogP contribution in [0.5, 0.6) is 0 Å². The van der Waals surface area contributed by atoms with E-state index in [0.29, 0.717) is 17.0 Å². The quantitative estimate of drug-likeness (QED) is 0.820. The monoisotopic (exact) mass is 276 g/mol. The van der Waals surface area contributed by atoms with Gasteiger partial charge >= 0.3 is 0 Å². The summed E-state index contributed by atoms with van der Waals surface area (Å²) in [5.41, 5.74) is 2.63.